The Morgan fingerprint density at radius 1 is 0.906 bits per heavy atom. The van der Waals surface area contributed by atoms with Crippen molar-refractivity contribution in [2.45, 2.75) is 12.8 Å². The Labute approximate surface area is 192 Å². The van der Waals surface area contributed by atoms with Gasteiger partial charge in [-0.3, -0.25) is 19.4 Å². The van der Waals surface area contributed by atoms with Gasteiger partial charge in [-0.25, -0.2) is 0 Å². The molecule has 4 rings (SSSR count). The summed E-state index contributed by atoms with van der Waals surface area (Å²) in [4.78, 5) is 41.0. The van der Waals surface area contributed by atoms with Crippen LogP contribution in [0.1, 0.15) is 23.2 Å². The molecule has 3 aromatic carbocycles. The van der Waals surface area contributed by atoms with Crippen LogP contribution in [-0.4, -0.2) is 29.3 Å². The van der Waals surface area contributed by atoms with Gasteiger partial charge >= 0.3 is 5.97 Å². The monoisotopic (exact) mass is 490 g/mol. The fraction of sp³-hybridized carbons (Fsp3) is 0.120. The minimum atomic E-state index is -0.604. The number of halogens is 1. The molecule has 0 aliphatic rings. The molecule has 1 aromatic heterocycles. The third kappa shape index (κ3) is 5.00. The second-order valence-electron chi connectivity index (χ2n) is 7.19. The first kappa shape index (κ1) is 21.6. The zero-order valence-corrected chi connectivity index (χ0v) is 18.6. The summed E-state index contributed by atoms with van der Waals surface area (Å²) in [5.41, 5.74) is 1.69. The maximum absolute atomic E-state index is 12.4. The predicted molar refractivity (Wildman–Crippen MR) is 127 cm³/mol. The molecule has 0 aliphatic heterocycles. The molecule has 0 fully saturated rings. The number of aromatic nitrogens is 1. The highest BCUT2D eigenvalue weighted by atomic mass is 79.9. The van der Waals surface area contributed by atoms with Crippen LogP contribution in [0.4, 0.5) is 5.69 Å². The molecule has 6 nitrogen and oxygen atoms in total. The number of ketones is 1. The van der Waals surface area contributed by atoms with E-state index in [2.05, 4.69) is 26.2 Å². The van der Waals surface area contributed by atoms with E-state index >= 15 is 0 Å². The number of carbonyl (C=O) groups excluding carboxylic acids is 3. The molecule has 0 radical (unpaired) electrons. The van der Waals surface area contributed by atoms with E-state index in [1.165, 1.54) is 0 Å². The smallest absolute Gasteiger partial charge is 0.306 e. The third-order valence-corrected chi connectivity index (χ3v) is 5.67. The largest absolute Gasteiger partial charge is 0.457 e. The molecule has 0 unspecified atom stereocenters. The SMILES string of the molecule is O=C(CCC(=O)OCC(=O)c1ccc2ccccc2c1)Nc1ccc(Br)c2cccnc12. The number of pyridine rings is 1. The summed E-state index contributed by atoms with van der Waals surface area (Å²) in [6.07, 6.45) is 1.46. The molecule has 32 heavy (non-hydrogen) atoms. The van der Waals surface area contributed by atoms with Crippen molar-refractivity contribution in [2.75, 3.05) is 11.9 Å². The van der Waals surface area contributed by atoms with E-state index in [-0.39, 0.29) is 31.1 Å². The van der Waals surface area contributed by atoms with Gasteiger partial charge in [-0.1, -0.05) is 58.4 Å². The Morgan fingerprint density at radius 2 is 1.72 bits per heavy atom. The van der Waals surface area contributed by atoms with E-state index in [1.54, 1.807) is 24.4 Å². The molecular formula is C25H19BrN2O4. The topological polar surface area (TPSA) is 85.4 Å². The summed E-state index contributed by atoms with van der Waals surface area (Å²) in [5.74, 6) is -1.23. The lowest BCUT2D eigenvalue weighted by atomic mass is 10.0. The highest BCUT2D eigenvalue weighted by molar-refractivity contribution is 9.10. The Bertz CT molecular complexity index is 1340. The Balaban J connectivity index is 1.29. The molecule has 1 amide bonds. The van der Waals surface area contributed by atoms with Gasteiger partial charge in [0.25, 0.3) is 0 Å². The molecule has 160 valence electrons. The van der Waals surface area contributed by atoms with Gasteiger partial charge in [0.1, 0.15) is 0 Å². The van der Waals surface area contributed by atoms with Gasteiger partial charge in [0.15, 0.2) is 12.4 Å². The second kappa shape index (κ2) is 9.70. The summed E-state index contributed by atoms with van der Waals surface area (Å²) in [7, 11) is 0. The van der Waals surface area contributed by atoms with Gasteiger partial charge in [0.05, 0.1) is 17.6 Å². The number of nitrogens with zero attached hydrogens (tertiary/aromatic N) is 1. The molecule has 0 atom stereocenters. The van der Waals surface area contributed by atoms with Crippen LogP contribution in [0.2, 0.25) is 0 Å². The Kier molecular flexibility index (Phi) is 6.56. The number of anilines is 1. The summed E-state index contributed by atoms with van der Waals surface area (Å²) < 4.78 is 5.94. The number of hydrogen-bond acceptors (Lipinski definition) is 5. The number of hydrogen-bond donors (Lipinski definition) is 1. The van der Waals surface area contributed by atoms with Crippen LogP contribution in [-0.2, 0) is 14.3 Å². The van der Waals surface area contributed by atoms with E-state index in [1.807, 2.05) is 48.5 Å². The normalized spacial score (nSPS) is 10.8. The first-order valence-electron chi connectivity index (χ1n) is 10.0. The first-order chi connectivity index (χ1) is 15.5. The van der Waals surface area contributed by atoms with E-state index in [9.17, 15) is 14.4 Å². The quantitative estimate of drug-likeness (QED) is 0.280. The van der Waals surface area contributed by atoms with E-state index in [0.717, 1.165) is 20.6 Å². The second-order valence-corrected chi connectivity index (χ2v) is 8.04. The third-order valence-electron chi connectivity index (χ3n) is 4.98. The molecule has 1 heterocycles. The van der Waals surface area contributed by atoms with Gasteiger partial charge in [-0.05, 0) is 35.0 Å². The fourth-order valence-electron chi connectivity index (χ4n) is 3.33. The van der Waals surface area contributed by atoms with Crippen molar-refractivity contribution in [3.05, 3.63) is 83.0 Å². The standard InChI is InChI=1S/C25H19BrN2O4/c26-20-9-10-21(25-19(20)6-3-13-27-25)28-23(30)11-12-24(31)32-15-22(29)18-8-7-16-4-1-2-5-17(16)14-18/h1-10,13-14H,11-12,15H2,(H,28,30). The number of amides is 1. The zero-order chi connectivity index (χ0) is 22.5. The summed E-state index contributed by atoms with van der Waals surface area (Å²) >= 11 is 3.46. The minimum Gasteiger partial charge on any atom is -0.457 e. The average Bonchev–Trinajstić information content (AvgIpc) is 2.83. The van der Waals surface area contributed by atoms with Crippen LogP contribution >= 0.6 is 15.9 Å². The number of Topliss-reactive ketones (excluding diaryl/α,β-unsaturated/α-hetero) is 1. The first-order valence-corrected chi connectivity index (χ1v) is 10.8. The van der Waals surface area contributed by atoms with Crippen molar-refractivity contribution in [1.29, 1.82) is 0 Å². The molecule has 4 aromatic rings. The van der Waals surface area contributed by atoms with Crippen LogP contribution in [0.15, 0.2) is 77.4 Å². The number of rotatable bonds is 7. The van der Waals surface area contributed by atoms with Crippen LogP contribution in [0.25, 0.3) is 21.7 Å². The number of ether oxygens (including phenoxy) is 1. The molecule has 7 heteroatoms. The lowest BCUT2D eigenvalue weighted by Gasteiger charge is -2.09. The molecule has 0 saturated carbocycles. The highest BCUT2D eigenvalue weighted by Gasteiger charge is 2.14. The summed E-state index contributed by atoms with van der Waals surface area (Å²) in [5, 5.41) is 5.62. The van der Waals surface area contributed by atoms with Crippen molar-refractivity contribution >= 4 is 61.0 Å². The molecule has 1 N–H and O–H groups in total. The van der Waals surface area contributed by atoms with E-state index in [0.29, 0.717) is 16.8 Å². The number of nitrogens with one attached hydrogen (secondary N) is 1. The van der Waals surface area contributed by atoms with Gasteiger partial charge < -0.3 is 10.1 Å². The number of esters is 1. The van der Waals surface area contributed by atoms with Crippen molar-refractivity contribution in [3.63, 3.8) is 0 Å². The van der Waals surface area contributed by atoms with E-state index in [4.69, 9.17) is 4.74 Å². The van der Waals surface area contributed by atoms with Crippen molar-refractivity contribution in [3.8, 4) is 0 Å². The Hall–Kier alpha value is -3.58. The molecule has 0 spiro atoms. The van der Waals surface area contributed by atoms with Crippen molar-refractivity contribution < 1.29 is 19.1 Å². The van der Waals surface area contributed by atoms with Crippen LogP contribution < -0.4 is 5.32 Å². The molecule has 0 aliphatic carbocycles. The molecule has 0 bridgehead atoms. The Morgan fingerprint density at radius 3 is 2.56 bits per heavy atom. The zero-order valence-electron chi connectivity index (χ0n) is 17.0. The van der Waals surface area contributed by atoms with Crippen molar-refractivity contribution in [1.82, 2.24) is 4.98 Å². The molecular weight excluding hydrogens is 472 g/mol. The number of carbonyl (C=O) groups is 3. The average molecular weight is 491 g/mol. The van der Waals surface area contributed by atoms with Gasteiger partial charge in [-0.15, -0.1) is 0 Å². The van der Waals surface area contributed by atoms with Crippen LogP contribution in [0.5, 0.6) is 0 Å². The van der Waals surface area contributed by atoms with Gasteiger partial charge in [0, 0.05) is 28.0 Å². The fourth-order valence-corrected chi connectivity index (χ4v) is 3.78. The highest BCUT2D eigenvalue weighted by Crippen LogP contribution is 2.28. The maximum atomic E-state index is 12.4. The van der Waals surface area contributed by atoms with Crippen LogP contribution in [0.3, 0.4) is 0 Å². The summed E-state index contributed by atoms with van der Waals surface area (Å²) in [6.45, 7) is -0.361. The minimum absolute atomic E-state index is 0.0621. The van der Waals surface area contributed by atoms with Crippen molar-refractivity contribution in [2.24, 2.45) is 0 Å². The maximum Gasteiger partial charge on any atom is 0.306 e. The predicted octanol–water partition coefficient (Wildman–Crippen LogP) is 5.30. The van der Waals surface area contributed by atoms with Gasteiger partial charge in [0.2, 0.25) is 5.91 Å². The van der Waals surface area contributed by atoms with E-state index < -0.39 is 5.97 Å². The van der Waals surface area contributed by atoms with Gasteiger partial charge in [-0.2, -0.15) is 0 Å². The molecule has 0 saturated heterocycles. The number of benzene rings is 3. The summed E-state index contributed by atoms with van der Waals surface area (Å²) in [6, 6.07) is 20.3. The lowest BCUT2D eigenvalue weighted by Crippen LogP contribution is -2.17. The van der Waals surface area contributed by atoms with Crippen LogP contribution in [0, 0.1) is 0 Å². The lowest BCUT2D eigenvalue weighted by molar-refractivity contribution is -0.143. The number of fused-ring (bicyclic) bond motifs is 2.